The lowest BCUT2D eigenvalue weighted by Gasteiger charge is -2.26. The van der Waals surface area contributed by atoms with Crippen LogP contribution in [0.2, 0.25) is 0 Å². The van der Waals surface area contributed by atoms with Crippen LogP contribution in [0.1, 0.15) is 81.6 Å². The van der Waals surface area contributed by atoms with Gasteiger partial charge in [0.15, 0.2) is 0 Å². The van der Waals surface area contributed by atoms with Gasteiger partial charge in [0.25, 0.3) is 0 Å². The average Bonchev–Trinajstić information content (AvgIpc) is 2.58. The summed E-state index contributed by atoms with van der Waals surface area (Å²) in [6.07, 6.45) is 0. The first-order valence-corrected chi connectivity index (χ1v) is 9.16. The predicted molar refractivity (Wildman–Crippen MR) is 107 cm³/mol. The average molecular weight is 354 g/mol. The zero-order valence-corrected chi connectivity index (χ0v) is 17.0. The van der Waals surface area contributed by atoms with Gasteiger partial charge in [-0.2, -0.15) is 0 Å². The Morgan fingerprint density at radius 3 is 1.85 bits per heavy atom. The molecule has 0 saturated heterocycles. The number of hydrogen-bond donors (Lipinski definition) is 1. The van der Waals surface area contributed by atoms with Crippen LogP contribution in [-0.4, -0.2) is 5.97 Å². The molecule has 0 heterocycles. The van der Waals surface area contributed by atoms with Gasteiger partial charge in [0, 0.05) is 0 Å². The summed E-state index contributed by atoms with van der Waals surface area (Å²) in [6.45, 7) is 14.9. The molecule has 0 aliphatic heterocycles. The third-order valence-corrected chi connectivity index (χ3v) is 4.53. The molecule has 3 heteroatoms. The maximum absolute atomic E-state index is 12.7. The van der Waals surface area contributed by atoms with Gasteiger partial charge in [0.2, 0.25) is 0 Å². The van der Waals surface area contributed by atoms with Crippen molar-refractivity contribution in [1.29, 1.82) is 0 Å². The van der Waals surface area contributed by atoms with Crippen LogP contribution >= 0.6 is 0 Å². The number of nitrogens with one attached hydrogen (secondary N) is 1. The van der Waals surface area contributed by atoms with Gasteiger partial charge in [0.1, 0.15) is 0 Å². The number of carbonyl (C=O) groups excluding carboxylic acids is 1. The fourth-order valence-electron chi connectivity index (χ4n) is 2.62. The fraction of sp³-hybridized carbons (Fsp3) is 0.435. The molecule has 0 fully saturated rings. The minimum atomic E-state index is -0.357. The van der Waals surface area contributed by atoms with Crippen LogP contribution in [0.15, 0.2) is 48.5 Å². The number of rotatable bonds is 4. The van der Waals surface area contributed by atoms with E-state index in [9.17, 15) is 4.79 Å². The third kappa shape index (κ3) is 5.18. The normalized spacial score (nSPS) is 13.3. The molecule has 2 aromatic rings. The Morgan fingerprint density at radius 2 is 1.38 bits per heavy atom. The summed E-state index contributed by atoms with van der Waals surface area (Å²) in [6, 6.07) is 15.9. The molecule has 2 aromatic carbocycles. The first kappa shape index (κ1) is 20.2. The van der Waals surface area contributed by atoms with Gasteiger partial charge in [-0.3, -0.25) is 0 Å². The smallest absolute Gasteiger partial charge is 0.356 e. The van der Waals surface area contributed by atoms with Crippen molar-refractivity contribution < 1.29 is 9.63 Å². The molecule has 140 valence electrons. The van der Waals surface area contributed by atoms with Gasteiger partial charge in [-0.15, -0.1) is 5.48 Å². The monoisotopic (exact) mass is 353 g/mol. The molecule has 26 heavy (non-hydrogen) atoms. The number of carbonyl (C=O) groups is 1. The highest BCUT2D eigenvalue weighted by molar-refractivity contribution is 5.89. The third-order valence-electron chi connectivity index (χ3n) is 4.53. The molecular weight excluding hydrogens is 322 g/mol. The lowest BCUT2D eigenvalue weighted by Crippen LogP contribution is -2.24. The molecule has 3 nitrogen and oxygen atoms in total. The van der Waals surface area contributed by atoms with E-state index in [1.54, 1.807) is 0 Å². The second-order valence-electron chi connectivity index (χ2n) is 8.94. The molecule has 2 rings (SSSR count). The largest absolute Gasteiger partial charge is 0.366 e. The summed E-state index contributed by atoms with van der Waals surface area (Å²) in [4.78, 5) is 18.0. The number of hydrogen-bond acceptors (Lipinski definition) is 3. The molecule has 0 aliphatic carbocycles. The van der Waals surface area contributed by atoms with Gasteiger partial charge < -0.3 is 4.84 Å². The minimum absolute atomic E-state index is 0.0406. The van der Waals surface area contributed by atoms with Crippen molar-refractivity contribution in [2.24, 2.45) is 0 Å². The Morgan fingerprint density at radius 1 is 0.885 bits per heavy atom. The van der Waals surface area contributed by atoms with Crippen LogP contribution in [-0.2, 0) is 15.7 Å². The van der Waals surface area contributed by atoms with Crippen LogP contribution in [0.5, 0.6) is 0 Å². The van der Waals surface area contributed by atoms with Crippen molar-refractivity contribution in [1.82, 2.24) is 5.48 Å². The summed E-state index contributed by atoms with van der Waals surface area (Å²) in [7, 11) is 0. The van der Waals surface area contributed by atoms with Crippen molar-refractivity contribution in [3.8, 4) is 0 Å². The summed E-state index contributed by atoms with van der Waals surface area (Å²) in [5, 5.41) is 0. The van der Waals surface area contributed by atoms with E-state index in [0.29, 0.717) is 5.56 Å². The summed E-state index contributed by atoms with van der Waals surface area (Å²) < 4.78 is 0. The standard InChI is InChI=1S/C23H31NO2/c1-16(17-11-9-8-10-12-17)24-26-21(25)18-13-19(22(2,3)4)15-20(14-18)23(5,6)7/h8-16,24H,1-7H3/t16-/m0/s1. The predicted octanol–water partition coefficient (Wildman–Crippen LogP) is 5.70. The minimum Gasteiger partial charge on any atom is -0.366 e. The van der Waals surface area contributed by atoms with Crippen molar-refractivity contribution in [2.45, 2.75) is 65.3 Å². The highest BCUT2D eigenvalue weighted by Crippen LogP contribution is 2.30. The van der Waals surface area contributed by atoms with E-state index < -0.39 is 0 Å². The van der Waals surface area contributed by atoms with E-state index in [2.05, 4.69) is 53.1 Å². The zero-order valence-electron chi connectivity index (χ0n) is 17.0. The van der Waals surface area contributed by atoms with E-state index in [1.165, 1.54) is 0 Å². The molecule has 0 aromatic heterocycles. The van der Waals surface area contributed by atoms with Crippen LogP contribution in [0.4, 0.5) is 0 Å². The molecule has 1 N–H and O–H groups in total. The van der Waals surface area contributed by atoms with Crippen LogP contribution in [0.3, 0.4) is 0 Å². The van der Waals surface area contributed by atoms with Gasteiger partial charge in [0.05, 0.1) is 11.6 Å². The van der Waals surface area contributed by atoms with E-state index in [-0.39, 0.29) is 22.8 Å². The molecule has 0 amide bonds. The summed E-state index contributed by atoms with van der Waals surface area (Å²) in [5.41, 5.74) is 6.69. The van der Waals surface area contributed by atoms with E-state index >= 15 is 0 Å². The van der Waals surface area contributed by atoms with Crippen molar-refractivity contribution >= 4 is 5.97 Å². The van der Waals surface area contributed by atoms with Crippen LogP contribution < -0.4 is 5.48 Å². The molecule has 0 spiro atoms. The number of hydroxylamine groups is 1. The first-order chi connectivity index (χ1) is 12.0. The summed E-state index contributed by atoms with van der Waals surface area (Å²) in [5.74, 6) is -0.357. The summed E-state index contributed by atoms with van der Waals surface area (Å²) >= 11 is 0. The molecule has 1 atom stereocenters. The van der Waals surface area contributed by atoms with Crippen molar-refractivity contribution in [2.75, 3.05) is 0 Å². The second kappa shape index (κ2) is 7.63. The molecule has 0 saturated carbocycles. The van der Waals surface area contributed by atoms with E-state index in [0.717, 1.165) is 16.7 Å². The highest BCUT2D eigenvalue weighted by Gasteiger charge is 2.23. The van der Waals surface area contributed by atoms with E-state index in [1.807, 2.05) is 49.4 Å². The topological polar surface area (TPSA) is 38.3 Å². The maximum Gasteiger partial charge on any atom is 0.356 e. The van der Waals surface area contributed by atoms with Gasteiger partial charge in [-0.1, -0.05) is 77.9 Å². The molecule has 0 unspecified atom stereocenters. The Bertz CT molecular complexity index is 720. The van der Waals surface area contributed by atoms with Gasteiger partial charge >= 0.3 is 5.97 Å². The molecule has 0 aliphatic rings. The fourth-order valence-corrected chi connectivity index (χ4v) is 2.62. The van der Waals surface area contributed by atoms with Crippen LogP contribution in [0.25, 0.3) is 0 Å². The second-order valence-corrected chi connectivity index (χ2v) is 8.94. The quantitative estimate of drug-likeness (QED) is 0.716. The Labute approximate surface area is 157 Å². The highest BCUT2D eigenvalue weighted by atomic mass is 16.7. The zero-order chi connectivity index (χ0) is 19.5. The molecule has 0 bridgehead atoms. The van der Waals surface area contributed by atoms with Gasteiger partial charge in [-0.25, -0.2) is 4.79 Å². The molecule has 0 radical (unpaired) electrons. The first-order valence-electron chi connectivity index (χ1n) is 9.16. The van der Waals surface area contributed by atoms with Crippen LogP contribution in [0, 0.1) is 0 Å². The maximum atomic E-state index is 12.7. The lowest BCUT2D eigenvalue weighted by atomic mass is 9.79. The SMILES string of the molecule is C[C@H](NOC(=O)c1cc(C(C)(C)C)cc(C(C)(C)C)c1)c1ccccc1. The van der Waals surface area contributed by atoms with Crippen molar-refractivity contribution in [3.05, 3.63) is 70.8 Å². The Balaban J connectivity index is 2.22. The van der Waals surface area contributed by atoms with Crippen molar-refractivity contribution in [3.63, 3.8) is 0 Å². The molecular formula is C23H31NO2. The lowest BCUT2D eigenvalue weighted by molar-refractivity contribution is 0.0169. The number of benzene rings is 2. The Hall–Kier alpha value is -2.13. The van der Waals surface area contributed by atoms with Gasteiger partial charge in [-0.05, 0) is 46.6 Å². The van der Waals surface area contributed by atoms with E-state index in [4.69, 9.17) is 4.84 Å². The Kier molecular flexibility index (Phi) is 5.92.